The number of unbranched alkanes of at least 4 members (excludes halogenated alkanes) is 1. The molecule has 0 radical (unpaired) electrons. The summed E-state index contributed by atoms with van der Waals surface area (Å²) < 4.78 is 0. The molecule has 0 aliphatic heterocycles. The van der Waals surface area contributed by atoms with Gasteiger partial charge in [0.25, 0.3) is 0 Å². The summed E-state index contributed by atoms with van der Waals surface area (Å²) in [6.45, 7) is 16.3. The van der Waals surface area contributed by atoms with Crippen LogP contribution in [0.3, 0.4) is 0 Å². The van der Waals surface area contributed by atoms with Crippen molar-refractivity contribution in [2.75, 3.05) is 0 Å². The first kappa shape index (κ1) is 22.8. The average molecular weight is 449 g/mol. The maximum atomic E-state index is 2.90. The Morgan fingerprint density at radius 1 is 0.793 bits per heavy atom. The van der Waals surface area contributed by atoms with Crippen LogP contribution in [0.5, 0.6) is 0 Å². The third-order valence-corrected chi connectivity index (χ3v) is 27.8. The predicted octanol–water partition coefficient (Wildman–Crippen LogP) is 8.06. The van der Waals surface area contributed by atoms with E-state index in [1.54, 1.807) is 64.2 Å². The Morgan fingerprint density at radius 2 is 1.59 bits per heavy atom. The van der Waals surface area contributed by atoms with Crippen LogP contribution in [-0.4, -0.2) is 24.7 Å². The number of hydrogen-bond acceptors (Lipinski definition) is 0. The predicted molar refractivity (Wildman–Crippen MR) is 139 cm³/mol. The van der Waals surface area contributed by atoms with Gasteiger partial charge < -0.3 is 0 Å². The van der Waals surface area contributed by atoms with Gasteiger partial charge in [-0.25, -0.2) is 0 Å². The smallest absolute Gasteiger partial charge is 0.0479 e. The summed E-state index contributed by atoms with van der Waals surface area (Å²) in [5.41, 5.74) is 3.69. The summed E-state index contributed by atoms with van der Waals surface area (Å²) >= 11 is 0. The summed E-state index contributed by atoms with van der Waals surface area (Å²) in [5.74, 6) is 5.79. The lowest BCUT2D eigenvalue weighted by Crippen LogP contribution is -2.47. The molecule has 29 heavy (non-hydrogen) atoms. The van der Waals surface area contributed by atoms with Crippen molar-refractivity contribution in [2.24, 2.45) is 29.6 Å². The SMILES string of the molecule is CCCCC1CCC([SiH](C)[SiH](C)C2CCC3C2CC2CCCC2C3[Si](C)(C)C)C1. The molecular formula is C26H52Si3. The van der Waals surface area contributed by atoms with E-state index in [1.165, 1.54) is 41.3 Å². The molecule has 0 aromatic heterocycles. The van der Waals surface area contributed by atoms with Crippen molar-refractivity contribution in [3.8, 4) is 0 Å². The fourth-order valence-corrected chi connectivity index (χ4v) is 25.5. The van der Waals surface area contributed by atoms with Gasteiger partial charge >= 0.3 is 0 Å². The molecule has 0 nitrogen and oxygen atoms in total. The molecule has 4 aliphatic carbocycles. The summed E-state index contributed by atoms with van der Waals surface area (Å²) in [7, 11) is -2.04. The zero-order valence-electron chi connectivity index (χ0n) is 20.8. The average Bonchev–Trinajstić information content (AvgIpc) is 3.40. The number of fused-ring (bicyclic) bond motifs is 2. The zero-order valence-corrected chi connectivity index (χ0v) is 24.1. The highest BCUT2D eigenvalue weighted by Gasteiger charge is 2.55. The minimum absolute atomic E-state index is 0.482. The third-order valence-electron chi connectivity index (χ3n) is 10.9. The quantitative estimate of drug-likeness (QED) is 0.345. The fourth-order valence-electron chi connectivity index (χ4n) is 9.53. The second kappa shape index (κ2) is 9.25. The van der Waals surface area contributed by atoms with Gasteiger partial charge in [-0.15, -0.1) is 0 Å². The van der Waals surface area contributed by atoms with Crippen LogP contribution in [0, 0.1) is 29.6 Å². The summed E-state index contributed by atoms with van der Waals surface area (Å²) in [6.07, 6.45) is 19.1. The standard InChI is InChI=1S/C26H52Si3/c1-7-8-10-19-13-14-21(17-19)27(2)28(3)25-16-15-23-24(25)18-20-11-9-12-22(20)26(23)29(4,5)6/h19-28H,7-18H2,1-6H3. The first-order valence-electron chi connectivity index (χ1n) is 13.8. The van der Waals surface area contributed by atoms with E-state index in [-0.39, 0.29) is 0 Å². The summed E-state index contributed by atoms with van der Waals surface area (Å²) in [5, 5.41) is 0. The Bertz CT molecular complexity index is 541. The van der Waals surface area contributed by atoms with Crippen molar-refractivity contribution >= 4 is 24.7 Å². The van der Waals surface area contributed by atoms with Crippen LogP contribution in [0.2, 0.25) is 49.4 Å². The number of hydrogen-bond donors (Lipinski definition) is 0. The van der Waals surface area contributed by atoms with E-state index in [2.05, 4.69) is 39.7 Å². The minimum atomic E-state index is -1.04. The van der Waals surface area contributed by atoms with Crippen molar-refractivity contribution in [1.82, 2.24) is 0 Å². The highest BCUT2D eigenvalue weighted by atomic mass is 29.2. The maximum Gasteiger partial charge on any atom is 0.0479 e. The molecule has 4 saturated carbocycles. The van der Waals surface area contributed by atoms with Gasteiger partial charge in [-0.1, -0.05) is 116 Å². The van der Waals surface area contributed by atoms with Crippen molar-refractivity contribution in [2.45, 2.75) is 133 Å². The first-order valence-corrected chi connectivity index (χ1v) is 23.7. The second-order valence-corrected chi connectivity index (χ2v) is 30.3. The normalized spacial score (nSPS) is 44.5. The van der Waals surface area contributed by atoms with Gasteiger partial charge in [-0.2, -0.15) is 0 Å². The van der Waals surface area contributed by atoms with Crippen molar-refractivity contribution in [3.63, 3.8) is 0 Å². The van der Waals surface area contributed by atoms with Crippen LogP contribution < -0.4 is 0 Å². The largest absolute Gasteiger partial charge is 0.0739 e. The molecule has 0 spiro atoms. The third kappa shape index (κ3) is 4.58. The molecule has 4 rings (SSSR count). The monoisotopic (exact) mass is 448 g/mol. The van der Waals surface area contributed by atoms with E-state index in [0.717, 1.165) is 17.8 Å². The molecule has 0 aromatic carbocycles. The molecule has 0 heterocycles. The van der Waals surface area contributed by atoms with Gasteiger partial charge in [0.15, 0.2) is 0 Å². The molecular weight excluding hydrogens is 397 g/mol. The summed E-state index contributed by atoms with van der Waals surface area (Å²) in [6, 6.07) is 0. The molecule has 0 bridgehead atoms. The van der Waals surface area contributed by atoms with Crippen molar-refractivity contribution in [1.29, 1.82) is 0 Å². The highest BCUT2D eigenvalue weighted by Crippen LogP contribution is 2.64. The van der Waals surface area contributed by atoms with Gasteiger partial charge in [0.05, 0.1) is 0 Å². The van der Waals surface area contributed by atoms with Crippen LogP contribution >= 0.6 is 0 Å². The highest BCUT2D eigenvalue weighted by molar-refractivity contribution is 7.22. The molecule has 4 aliphatic rings. The van der Waals surface area contributed by atoms with Crippen LogP contribution in [0.15, 0.2) is 0 Å². The van der Waals surface area contributed by atoms with E-state index in [9.17, 15) is 0 Å². The van der Waals surface area contributed by atoms with Gasteiger partial charge in [0, 0.05) is 24.7 Å². The lowest BCUT2D eigenvalue weighted by molar-refractivity contribution is 0.152. The van der Waals surface area contributed by atoms with Crippen LogP contribution in [0.4, 0.5) is 0 Å². The molecule has 0 aromatic rings. The van der Waals surface area contributed by atoms with E-state index in [1.807, 2.05) is 0 Å². The van der Waals surface area contributed by atoms with Crippen molar-refractivity contribution in [3.05, 3.63) is 0 Å². The molecule has 4 fully saturated rings. The summed E-state index contributed by atoms with van der Waals surface area (Å²) in [4.78, 5) is 0. The maximum absolute atomic E-state index is 2.90. The Kier molecular flexibility index (Phi) is 7.29. The lowest BCUT2D eigenvalue weighted by atomic mass is 9.70. The van der Waals surface area contributed by atoms with Gasteiger partial charge in [-0.05, 0) is 47.1 Å². The van der Waals surface area contributed by atoms with Gasteiger partial charge in [0.1, 0.15) is 0 Å². The van der Waals surface area contributed by atoms with E-state index in [4.69, 9.17) is 0 Å². The minimum Gasteiger partial charge on any atom is -0.0739 e. The van der Waals surface area contributed by atoms with E-state index in [0.29, 0.717) is 0 Å². The molecule has 0 amide bonds. The lowest BCUT2D eigenvalue weighted by Gasteiger charge is -2.50. The second-order valence-electron chi connectivity index (χ2n) is 13.4. The Hall–Kier alpha value is 0.651. The van der Waals surface area contributed by atoms with Crippen LogP contribution in [-0.2, 0) is 0 Å². The molecule has 10 unspecified atom stereocenters. The Labute approximate surface area is 187 Å². The van der Waals surface area contributed by atoms with Gasteiger partial charge in [-0.3, -0.25) is 0 Å². The zero-order chi connectivity index (χ0) is 20.8. The topological polar surface area (TPSA) is 0 Å². The molecule has 3 heteroatoms. The first-order chi connectivity index (χ1) is 13.8. The molecule has 0 saturated heterocycles. The van der Waals surface area contributed by atoms with E-state index >= 15 is 0 Å². The van der Waals surface area contributed by atoms with Crippen LogP contribution in [0.25, 0.3) is 0 Å². The number of rotatable bonds is 7. The van der Waals surface area contributed by atoms with Crippen molar-refractivity contribution < 1.29 is 0 Å². The Balaban J connectivity index is 1.43. The molecule has 168 valence electrons. The molecule has 10 atom stereocenters. The fraction of sp³-hybridized carbons (Fsp3) is 1.00. The van der Waals surface area contributed by atoms with Gasteiger partial charge in [0.2, 0.25) is 0 Å². The molecule has 0 N–H and O–H groups in total. The van der Waals surface area contributed by atoms with Crippen LogP contribution in [0.1, 0.15) is 84.0 Å². The van der Waals surface area contributed by atoms with E-state index < -0.39 is 24.7 Å². The Morgan fingerprint density at radius 3 is 2.31 bits per heavy atom.